The molecular formula is C10H12O2. The van der Waals surface area contributed by atoms with Crippen LogP contribution in [0.5, 0.6) is 5.75 Å². The molecule has 0 radical (unpaired) electrons. The van der Waals surface area contributed by atoms with Crippen LogP contribution in [0, 0.1) is 6.92 Å². The Kier molecular flexibility index (Phi) is 1.77. The Morgan fingerprint density at radius 2 is 2.25 bits per heavy atom. The number of hydrogen-bond donors (Lipinski definition) is 0. The van der Waals surface area contributed by atoms with Crippen molar-refractivity contribution in [3.8, 4) is 5.75 Å². The highest BCUT2D eigenvalue weighted by Gasteiger charge is 2.26. The number of benzene rings is 1. The van der Waals surface area contributed by atoms with Crippen LogP contribution < -0.4 is 4.74 Å². The van der Waals surface area contributed by atoms with Gasteiger partial charge in [-0.25, -0.2) is 0 Å². The standard InChI is InChI=1S/C10H12O2/c1-7-5-8(11-2)3-4-9(7)10-6-12-10/h3-5,10H,6H2,1-2H3. The molecule has 0 spiro atoms. The van der Waals surface area contributed by atoms with Crippen LogP contribution in [0.2, 0.25) is 0 Å². The molecule has 0 N–H and O–H groups in total. The molecule has 0 saturated carbocycles. The third-order valence-corrected chi connectivity index (χ3v) is 2.16. The van der Waals surface area contributed by atoms with E-state index < -0.39 is 0 Å². The van der Waals surface area contributed by atoms with Crippen molar-refractivity contribution >= 4 is 0 Å². The van der Waals surface area contributed by atoms with Gasteiger partial charge in [0.25, 0.3) is 0 Å². The van der Waals surface area contributed by atoms with E-state index in [1.165, 1.54) is 11.1 Å². The second-order valence-electron chi connectivity index (χ2n) is 3.04. The summed E-state index contributed by atoms with van der Waals surface area (Å²) in [6, 6.07) is 6.09. The monoisotopic (exact) mass is 164 g/mol. The molecule has 1 saturated heterocycles. The van der Waals surface area contributed by atoms with E-state index in [1.807, 2.05) is 12.1 Å². The first-order chi connectivity index (χ1) is 5.81. The lowest BCUT2D eigenvalue weighted by atomic mass is 10.1. The maximum atomic E-state index is 5.21. The van der Waals surface area contributed by atoms with Crippen LogP contribution in [-0.2, 0) is 4.74 Å². The number of methoxy groups -OCH3 is 1. The molecular weight excluding hydrogens is 152 g/mol. The number of aryl methyl sites for hydroxylation is 1. The first kappa shape index (κ1) is 7.62. The molecule has 64 valence electrons. The van der Waals surface area contributed by atoms with Crippen LogP contribution in [0.25, 0.3) is 0 Å². The maximum Gasteiger partial charge on any atom is 0.119 e. The van der Waals surface area contributed by atoms with Gasteiger partial charge < -0.3 is 9.47 Å². The van der Waals surface area contributed by atoms with E-state index in [-0.39, 0.29) is 0 Å². The van der Waals surface area contributed by atoms with Gasteiger partial charge >= 0.3 is 0 Å². The van der Waals surface area contributed by atoms with E-state index in [1.54, 1.807) is 7.11 Å². The summed E-state index contributed by atoms with van der Waals surface area (Å²) in [6.45, 7) is 2.95. The lowest BCUT2D eigenvalue weighted by molar-refractivity contribution is 0.408. The van der Waals surface area contributed by atoms with Gasteiger partial charge in [-0.15, -0.1) is 0 Å². The van der Waals surface area contributed by atoms with E-state index in [9.17, 15) is 0 Å². The molecule has 1 aliphatic heterocycles. The fourth-order valence-corrected chi connectivity index (χ4v) is 1.36. The summed E-state index contributed by atoms with van der Waals surface area (Å²) in [6.07, 6.45) is 0.343. The number of epoxide rings is 1. The van der Waals surface area contributed by atoms with Gasteiger partial charge in [-0.3, -0.25) is 0 Å². The van der Waals surface area contributed by atoms with Crippen molar-refractivity contribution in [2.45, 2.75) is 13.0 Å². The lowest BCUT2D eigenvalue weighted by Gasteiger charge is -2.04. The minimum absolute atomic E-state index is 0.343. The van der Waals surface area contributed by atoms with Crippen molar-refractivity contribution in [3.05, 3.63) is 29.3 Å². The highest BCUT2D eigenvalue weighted by molar-refractivity contribution is 5.37. The molecule has 0 aromatic heterocycles. The van der Waals surface area contributed by atoms with Crippen LogP contribution in [0.4, 0.5) is 0 Å². The Morgan fingerprint density at radius 1 is 1.50 bits per heavy atom. The Labute approximate surface area is 72.1 Å². The van der Waals surface area contributed by atoms with E-state index in [2.05, 4.69) is 13.0 Å². The third-order valence-electron chi connectivity index (χ3n) is 2.16. The van der Waals surface area contributed by atoms with Gasteiger partial charge in [-0.05, 0) is 30.2 Å². The number of hydrogen-bond acceptors (Lipinski definition) is 2. The van der Waals surface area contributed by atoms with Gasteiger partial charge in [0.1, 0.15) is 11.9 Å². The molecule has 1 aromatic carbocycles. The van der Waals surface area contributed by atoms with Gasteiger partial charge in [0.2, 0.25) is 0 Å². The van der Waals surface area contributed by atoms with Crippen molar-refractivity contribution in [1.82, 2.24) is 0 Å². The SMILES string of the molecule is COc1ccc(C2CO2)c(C)c1. The minimum atomic E-state index is 0.343. The number of ether oxygens (including phenoxy) is 2. The second-order valence-corrected chi connectivity index (χ2v) is 3.04. The van der Waals surface area contributed by atoms with Crippen molar-refractivity contribution in [1.29, 1.82) is 0 Å². The molecule has 0 aliphatic carbocycles. The van der Waals surface area contributed by atoms with Gasteiger partial charge in [0.15, 0.2) is 0 Å². The normalized spacial score (nSPS) is 20.7. The first-order valence-electron chi connectivity index (χ1n) is 4.07. The molecule has 0 bridgehead atoms. The Bertz CT molecular complexity index is 290. The minimum Gasteiger partial charge on any atom is -0.497 e. The predicted molar refractivity (Wildman–Crippen MR) is 46.4 cm³/mol. The fourth-order valence-electron chi connectivity index (χ4n) is 1.36. The quantitative estimate of drug-likeness (QED) is 0.624. The second kappa shape index (κ2) is 2.79. The molecule has 2 heteroatoms. The molecule has 1 aliphatic rings. The molecule has 2 nitrogen and oxygen atoms in total. The summed E-state index contributed by atoms with van der Waals surface area (Å²) in [5.41, 5.74) is 2.53. The molecule has 1 unspecified atom stereocenters. The molecule has 1 heterocycles. The van der Waals surface area contributed by atoms with Crippen LogP contribution in [0.3, 0.4) is 0 Å². The zero-order valence-electron chi connectivity index (χ0n) is 7.33. The van der Waals surface area contributed by atoms with Gasteiger partial charge in [0.05, 0.1) is 13.7 Å². The van der Waals surface area contributed by atoms with Crippen molar-refractivity contribution in [3.63, 3.8) is 0 Å². The summed E-state index contributed by atoms with van der Waals surface area (Å²) in [5.74, 6) is 0.914. The first-order valence-corrected chi connectivity index (χ1v) is 4.07. The molecule has 2 rings (SSSR count). The Morgan fingerprint density at radius 3 is 2.75 bits per heavy atom. The summed E-state index contributed by atoms with van der Waals surface area (Å²) in [5, 5.41) is 0. The van der Waals surface area contributed by atoms with Crippen LogP contribution in [-0.4, -0.2) is 13.7 Å². The van der Waals surface area contributed by atoms with Crippen molar-refractivity contribution in [2.75, 3.05) is 13.7 Å². The average Bonchev–Trinajstić information content (AvgIpc) is 2.87. The van der Waals surface area contributed by atoms with Crippen molar-refractivity contribution < 1.29 is 9.47 Å². The smallest absolute Gasteiger partial charge is 0.119 e. The van der Waals surface area contributed by atoms with Crippen LogP contribution >= 0.6 is 0 Å². The largest absolute Gasteiger partial charge is 0.497 e. The summed E-state index contributed by atoms with van der Waals surface area (Å²) >= 11 is 0. The lowest BCUT2D eigenvalue weighted by Crippen LogP contribution is -1.89. The Hall–Kier alpha value is -1.02. The van der Waals surface area contributed by atoms with E-state index in [4.69, 9.17) is 9.47 Å². The molecule has 0 amide bonds. The molecule has 1 fully saturated rings. The maximum absolute atomic E-state index is 5.21. The van der Waals surface area contributed by atoms with Gasteiger partial charge in [-0.1, -0.05) is 6.07 Å². The molecule has 12 heavy (non-hydrogen) atoms. The zero-order valence-corrected chi connectivity index (χ0v) is 7.33. The van der Waals surface area contributed by atoms with Gasteiger partial charge in [0, 0.05) is 0 Å². The fraction of sp³-hybridized carbons (Fsp3) is 0.400. The van der Waals surface area contributed by atoms with E-state index in [0.29, 0.717) is 6.10 Å². The predicted octanol–water partition coefficient (Wildman–Crippen LogP) is 2.07. The Balaban J connectivity index is 2.32. The molecule has 1 atom stereocenters. The van der Waals surface area contributed by atoms with Crippen LogP contribution in [0.15, 0.2) is 18.2 Å². The zero-order chi connectivity index (χ0) is 8.55. The average molecular weight is 164 g/mol. The highest BCUT2D eigenvalue weighted by atomic mass is 16.6. The highest BCUT2D eigenvalue weighted by Crippen LogP contribution is 2.33. The molecule has 1 aromatic rings. The number of rotatable bonds is 2. The van der Waals surface area contributed by atoms with E-state index >= 15 is 0 Å². The third kappa shape index (κ3) is 1.30. The summed E-state index contributed by atoms with van der Waals surface area (Å²) in [7, 11) is 1.68. The van der Waals surface area contributed by atoms with E-state index in [0.717, 1.165) is 12.4 Å². The van der Waals surface area contributed by atoms with Crippen LogP contribution in [0.1, 0.15) is 17.2 Å². The summed E-state index contributed by atoms with van der Waals surface area (Å²) in [4.78, 5) is 0. The van der Waals surface area contributed by atoms with Gasteiger partial charge in [-0.2, -0.15) is 0 Å². The van der Waals surface area contributed by atoms with Crippen molar-refractivity contribution in [2.24, 2.45) is 0 Å². The topological polar surface area (TPSA) is 21.8 Å². The summed E-state index contributed by atoms with van der Waals surface area (Å²) < 4.78 is 10.3.